The van der Waals surface area contributed by atoms with E-state index in [1.807, 2.05) is 0 Å². The van der Waals surface area contributed by atoms with Crippen molar-refractivity contribution in [2.45, 2.75) is 39.1 Å². The molecule has 1 fully saturated rings. The SMILES string of the molecule is CC1CCCC1CNCc1ccc(OC(F)(F)F)cc1. The van der Waals surface area contributed by atoms with E-state index < -0.39 is 6.36 Å². The third kappa shape index (κ3) is 4.71. The van der Waals surface area contributed by atoms with Gasteiger partial charge in [-0.05, 0) is 42.5 Å². The number of rotatable bonds is 5. The van der Waals surface area contributed by atoms with Crippen LogP contribution in [-0.4, -0.2) is 12.9 Å². The van der Waals surface area contributed by atoms with E-state index in [0.29, 0.717) is 6.54 Å². The summed E-state index contributed by atoms with van der Waals surface area (Å²) >= 11 is 0. The zero-order valence-electron chi connectivity index (χ0n) is 11.5. The highest BCUT2D eigenvalue weighted by atomic mass is 19.4. The Morgan fingerprint density at radius 3 is 2.45 bits per heavy atom. The quantitative estimate of drug-likeness (QED) is 0.880. The molecular formula is C15H20F3NO. The van der Waals surface area contributed by atoms with Crippen LogP contribution in [0.5, 0.6) is 5.75 Å². The maximum Gasteiger partial charge on any atom is 0.573 e. The summed E-state index contributed by atoms with van der Waals surface area (Å²) in [5, 5.41) is 3.38. The molecule has 1 aromatic rings. The number of nitrogens with one attached hydrogen (secondary N) is 1. The van der Waals surface area contributed by atoms with Gasteiger partial charge in [0, 0.05) is 6.54 Å². The summed E-state index contributed by atoms with van der Waals surface area (Å²) in [7, 11) is 0. The Labute approximate surface area is 117 Å². The van der Waals surface area contributed by atoms with Crippen molar-refractivity contribution in [2.75, 3.05) is 6.54 Å². The third-order valence-electron chi connectivity index (χ3n) is 3.93. The lowest BCUT2D eigenvalue weighted by atomic mass is 9.98. The topological polar surface area (TPSA) is 21.3 Å². The number of benzene rings is 1. The number of hydrogen-bond donors (Lipinski definition) is 1. The summed E-state index contributed by atoms with van der Waals surface area (Å²) in [6.07, 6.45) is -0.752. The third-order valence-corrected chi connectivity index (χ3v) is 3.93. The molecule has 0 aliphatic heterocycles. The fourth-order valence-corrected chi connectivity index (χ4v) is 2.74. The maximum atomic E-state index is 12.0. The summed E-state index contributed by atoms with van der Waals surface area (Å²) < 4.78 is 39.9. The van der Waals surface area contributed by atoms with Crippen molar-refractivity contribution in [2.24, 2.45) is 11.8 Å². The molecule has 112 valence electrons. The highest BCUT2D eigenvalue weighted by Crippen LogP contribution is 2.30. The highest BCUT2D eigenvalue weighted by Gasteiger charge is 2.30. The lowest BCUT2D eigenvalue weighted by Gasteiger charge is -2.16. The van der Waals surface area contributed by atoms with E-state index >= 15 is 0 Å². The number of halogens is 3. The smallest absolute Gasteiger partial charge is 0.406 e. The van der Waals surface area contributed by atoms with E-state index in [-0.39, 0.29) is 5.75 Å². The molecule has 2 rings (SSSR count). The van der Waals surface area contributed by atoms with Crippen LogP contribution < -0.4 is 10.1 Å². The average molecular weight is 287 g/mol. The first-order valence-electron chi connectivity index (χ1n) is 6.99. The standard InChI is InChI=1S/C15H20F3NO/c1-11-3-2-4-13(11)10-19-9-12-5-7-14(8-6-12)20-15(16,17)18/h5-8,11,13,19H,2-4,9-10H2,1H3. The summed E-state index contributed by atoms with van der Waals surface area (Å²) in [4.78, 5) is 0. The van der Waals surface area contributed by atoms with Gasteiger partial charge in [-0.15, -0.1) is 13.2 Å². The van der Waals surface area contributed by atoms with Crippen LogP contribution in [0.3, 0.4) is 0 Å². The molecule has 0 saturated heterocycles. The largest absolute Gasteiger partial charge is 0.573 e. The fraction of sp³-hybridized carbons (Fsp3) is 0.600. The van der Waals surface area contributed by atoms with Gasteiger partial charge in [0.15, 0.2) is 0 Å². The van der Waals surface area contributed by atoms with E-state index in [1.54, 1.807) is 12.1 Å². The first-order chi connectivity index (χ1) is 9.44. The molecule has 0 spiro atoms. The highest BCUT2D eigenvalue weighted by molar-refractivity contribution is 5.27. The Bertz CT molecular complexity index is 416. The fourth-order valence-electron chi connectivity index (χ4n) is 2.74. The first kappa shape index (κ1) is 15.2. The second-order valence-corrected chi connectivity index (χ2v) is 5.49. The molecule has 20 heavy (non-hydrogen) atoms. The predicted octanol–water partition coefficient (Wildman–Crippen LogP) is 4.11. The zero-order chi connectivity index (χ0) is 14.6. The van der Waals surface area contributed by atoms with Gasteiger partial charge in [0.05, 0.1) is 0 Å². The molecule has 2 unspecified atom stereocenters. The molecule has 2 atom stereocenters. The minimum absolute atomic E-state index is 0.175. The minimum Gasteiger partial charge on any atom is -0.406 e. The summed E-state index contributed by atoms with van der Waals surface area (Å²) in [6, 6.07) is 6.02. The average Bonchev–Trinajstić information content (AvgIpc) is 2.76. The van der Waals surface area contributed by atoms with E-state index in [0.717, 1.165) is 23.9 Å². The van der Waals surface area contributed by atoms with Gasteiger partial charge >= 0.3 is 6.36 Å². The van der Waals surface area contributed by atoms with Gasteiger partial charge in [-0.1, -0.05) is 31.9 Å². The predicted molar refractivity (Wildman–Crippen MR) is 71.3 cm³/mol. The van der Waals surface area contributed by atoms with Crippen molar-refractivity contribution in [3.8, 4) is 5.75 Å². The van der Waals surface area contributed by atoms with Crippen LogP contribution in [-0.2, 0) is 6.54 Å². The van der Waals surface area contributed by atoms with Crippen LogP contribution in [0.4, 0.5) is 13.2 Å². The Balaban J connectivity index is 1.76. The first-order valence-corrected chi connectivity index (χ1v) is 6.99. The van der Waals surface area contributed by atoms with Crippen LogP contribution in [0.15, 0.2) is 24.3 Å². The molecule has 0 heterocycles. The maximum absolute atomic E-state index is 12.0. The van der Waals surface area contributed by atoms with Crippen LogP contribution in [0.2, 0.25) is 0 Å². The van der Waals surface area contributed by atoms with Gasteiger partial charge in [0.25, 0.3) is 0 Å². The summed E-state index contributed by atoms with van der Waals surface area (Å²) in [6.45, 7) is 3.93. The van der Waals surface area contributed by atoms with Gasteiger partial charge in [-0.25, -0.2) is 0 Å². The van der Waals surface area contributed by atoms with Crippen molar-refractivity contribution < 1.29 is 17.9 Å². The summed E-state index contributed by atoms with van der Waals surface area (Å²) in [5.74, 6) is 1.32. The molecule has 1 saturated carbocycles. The molecule has 5 heteroatoms. The van der Waals surface area contributed by atoms with E-state index in [9.17, 15) is 13.2 Å². The lowest BCUT2D eigenvalue weighted by molar-refractivity contribution is -0.274. The van der Waals surface area contributed by atoms with Crippen molar-refractivity contribution in [1.29, 1.82) is 0 Å². The van der Waals surface area contributed by atoms with E-state index in [4.69, 9.17) is 0 Å². The van der Waals surface area contributed by atoms with Crippen LogP contribution in [0.25, 0.3) is 0 Å². The summed E-state index contributed by atoms with van der Waals surface area (Å²) in [5.41, 5.74) is 0.963. The number of hydrogen-bond acceptors (Lipinski definition) is 2. The van der Waals surface area contributed by atoms with Crippen LogP contribution in [0, 0.1) is 11.8 Å². The van der Waals surface area contributed by atoms with E-state index in [1.165, 1.54) is 31.4 Å². The molecule has 0 bridgehead atoms. The Morgan fingerprint density at radius 2 is 1.90 bits per heavy atom. The van der Waals surface area contributed by atoms with Crippen LogP contribution in [0.1, 0.15) is 31.7 Å². The van der Waals surface area contributed by atoms with Crippen LogP contribution >= 0.6 is 0 Å². The number of alkyl halides is 3. The minimum atomic E-state index is -4.63. The van der Waals surface area contributed by atoms with Crippen molar-refractivity contribution >= 4 is 0 Å². The zero-order valence-corrected chi connectivity index (χ0v) is 11.5. The molecule has 1 N–H and O–H groups in total. The second-order valence-electron chi connectivity index (χ2n) is 5.49. The Kier molecular flexibility index (Phi) is 4.91. The van der Waals surface area contributed by atoms with Gasteiger partial charge in [-0.2, -0.15) is 0 Å². The molecule has 0 amide bonds. The van der Waals surface area contributed by atoms with E-state index in [2.05, 4.69) is 17.0 Å². The molecule has 0 aromatic heterocycles. The normalized spacial score (nSPS) is 23.0. The van der Waals surface area contributed by atoms with Gasteiger partial charge in [0.1, 0.15) is 5.75 Å². The number of ether oxygens (including phenoxy) is 1. The molecule has 1 aliphatic rings. The van der Waals surface area contributed by atoms with Crippen molar-refractivity contribution in [1.82, 2.24) is 5.32 Å². The Hall–Kier alpha value is -1.23. The van der Waals surface area contributed by atoms with Crippen molar-refractivity contribution in [3.05, 3.63) is 29.8 Å². The monoisotopic (exact) mass is 287 g/mol. The van der Waals surface area contributed by atoms with Gasteiger partial charge < -0.3 is 10.1 Å². The molecule has 1 aromatic carbocycles. The Morgan fingerprint density at radius 1 is 1.20 bits per heavy atom. The van der Waals surface area contributed by atoms with Crippen molar-refractivity contribution in [3.63, 3.8) is 0 Å². The molecule has 2 nitrogen and oxygen atoms in total. The molecular weight excluding hydrogens is 267 g/mol. The van der Waals surface area contributed by atoms with Gasteiger partial charge in [0.2, 0.25) is 0 Å². The molecule has 0 radical (unpaired) electrons. The molecule has 1 aliphatic carbocycles. The van der Waals surface area contributed by atoms with Gasteiger partial charge in [-0.3, -0.25) is 0 Å². The second kappa shape index (κ2) is 6.48. The lowest BCUT2D eigenvalue weighted by Crippen LogP contribution is -2.24.